The fraction of sp³-hybridized carbons (Fsp3) is 0.167. The maximum atomic E-state index is 10.9. The number of aromatic nitrogens is 1. The van der Waals surface area contributed by atoms with E-state index in [-0.39, 0.29) is 10.6 Å². The van der Waals surface area contributed by atoms with Gasteiger partial charge in [-0.2, -0.15) is 0 Å². The van der Waals surface area contributed by atoms with Crippen LogP contribution in [0, 0.1) is 6.92 Å². The van der Waals surface area contributed by atoms with Crippen LogP contribution in [-0.2, 0) is 5.75 Å². The van der Waals surface area contributed by atoms with Gasteiger partial charge < -0.3 is 5.11 Å². The van der Waals surface area contributed by atoms with Gasteiger partial charge in [-0.3, -0.25) is 0 Å². The van der Waals surface area contributed by atoms with E-state index in [4.69, 9.17) is 16.7 Å². The Kier molecular flexibility index (Phi) is 4.27. The van der Waals surface area contributed by atoms with Crippen LogP contribution in [0.15, 0.2) is 28.5 Å². The monoisotopic (exact) mass is 299 g/mol. The summed E-state index contributed by atoms with van der Waals surface area (Å²) in [6, 6.07) is 5.02. The van der Waals surface area contributed by atoms with Crippen molar-refractivity contribution in [1.82, 2.24) is 4.98 Å². The summed E-state index contributed by atoms with van der Waals surface area (Å²) in [7, 11) is 0. The number of thiazole rings is 1. The van der Waals surface area contributed by atoms with Crippen molar-refractivity contribution in [3.05, 3.63) is 44.9 Å². The van der Waals surface area contributed by atoms with Gasteiger partial charge in [0.05, 0.1) is 16.3 Å². The number of hydrogen-bond donors (Lipinski definition) is 1. The molecule has 0 aliphatic carbocycles. The summed E-state index contributed by atoms with van der Waals surface area (Å²) in [6.07, 6.45) is 0. The number of hydrogen-bond acceptors (Lipinski definition) is 4. The highest BCUT2D eigenvalue weighted by Gasteiger charge is 2.10. The molecule has 0 aliphatic heterocycles. The molecule has 0 amide bonds. The summed E-state index contributed by atoms with van der Waals surface area (Å²) in [4.78, 5) is 16.2. The highest BCUT2D eigenvalue weighted by atomic mass is 35.5. The highest BCUT2D eigenvalue weighted by Crippen LogP contribution is 2.28. The first-order chi connectivity index (χ1) is 8.56. The molecule has 1 aromatic heterocycles. The van der Waals surface area contributed by atoms with E-state index in [0.717, 1.165) is 21.3 Å². The standard InChI is InChI=1S/C12H10ClNO2S2/c1-7-5-18-11(14-7)6-17-8-2-3-10(13)9(4-8)12(15)16/h2-5H,6H2,1H3,(H,15,16). The Morgan fingerprint density at radius 3 is 2.94 bits per heavy atom. The van der Waals surface area contributed by atoms with E-state index < -0.39 is 5.97 Å². The Morgan fingerprint density at radius 2 is 2.33 bits per heavy atom. The molecule has 0 aliphatic rings. The molecule has 2 rings (SSSR count). The van der Waals surface area contributed by atoms with Crippen LogP contribution < -0.4 is 0 Å². The Bertz CT molecular complexity index is 583. The minimum atomic E-state index is -1.01. The molecule has 0 atom stereocenters. The van der Waals surface area contributed by atoms with Gasteiger partial charge in [0.15, 0.2) is 0 Å². The summed E-state index contributed by atoms with van der Waals surface area (Å²) in [5.74, 6) is -0.272. The van der Waals surface area contributed by atoms with Crippen molar-refractivity contribution in [1.29, 1.82) is 0 Å². The lowest BCUT2D eigenvalue weighted by Gasteiger charge is -2.03. The minimum absolute atomic E-state index is 0.136. The quantitative estimate of drug-likeness (QED) is 0.864. The van der Waals surface area contributed by atoms with Crippen molar-refractivity contribution in [2.45, 2.75) is 17.6 Å². The number of benzene rings is 1. The summed E-state index contributed by atoms with van der Waals surface area (Å²) in [5, 5.41) is 12.3. The van der Waals surface area contributed by atoms with E-state index in [9.17, 15) is 4.79 Å². The number of nitrogens with zero attached hydrogens (tertiary/aromatic N) is 1. The summed E-state index contributed by atoms with van der Waals surface area (Å²) in [5.41, 5.74) is 1.15. The molecule has 0 radical (unpaired) electrons. The van der Waals surface area contributed by atoms with E-state index in [0.29, 0.717) is 0 Å². The predicted molar refractivity (Wildman–Crippen MR) is 74.8 cm³/mol. The molecule has 3 nitrogen and oxygen atoms in total. The first kappa shape index (κ1) is 13.4. The molecule has 0 spiro atoms. The molecule has 0 unspecified atom stereocenters. The Hall–Kier alpha value is -1.04. The Labute approximate surface area is 118 Å². The first-order valence-electron chi connectivity index (χ1n) is 5.13. The topological polar surface area (TPSA) is 50.2 Å². The van der Waals surface area contributed by atoms with Crippen molar-refractivity contribution in [2.75, 3.05) is 0 Å². The molecule has 2 aromatic rings. The van der Waals surface area contributed by atoms with Crippen LogP contribution in [0.5, 0.6) is 0 Å². The molecule has 18 heavy (non-hydrogen) atoms. The zero-order valence-corrected chi connectivity index (χ0v) is 11.9. The van der Waals surface area contributed by atoms with Gasteiger partial charge in [-0.25, -0.2) is 9.78 Å². The van der Waals surface area contributed by atoms with Gasteiger partial charge in [0.2, 0.25) is 0 Å². The van der Waals surface area contributed by atoms with Gasteiger partial charge in [0.25, 0.3) is 0 Å². The Balaban J connectivity index is 2.10. The molecule has 0 bridgehead atoms. The molecule has 1 heterocycles. The number of thioether (sulfide) groups is 1. The average molecular weight is 300 g/mol. The van der Waals surface area contributed by atoms with Crippen LogP contribution in [0.4, 0.5) is 0 Å². The van der Waals surface area contributed by atoms with Gasteiger partial charge >= 0.3 is 5.97 Å². The zero-order chi connectivity index (χ0) is 13.1. The lowest BCUT2D eigenvalue weighted by Crippen LogP contribution is -1.97. The first-order valence-corrected chi connectivity index (χ1v) is 7.37. The summed E-state index contributed by atoms with van der Waals surface area (Å²) >= 11 is 8.97. The smallest absolute Gasteiger partial charge is 0.337 e. The van der Waals surface area contributed by atoms with Crippen molar-refractivity contribution in [3.63, 3.8) is 0 Å². The number of halogens is 1. The zero-order valence-electron chi connectivity index (χ0n) is 9.51. The van der Waals surface area contributed by atoms with Crippen LogP contribution >= 0.6 is 34.7 Å². The third-order valence-electron chi connectivity index (χ3n) is 2.20. The number of carboxylic acids is 1. The fourth-order valence-electron chi connectivity index (χ4n) is 1.37. The summed E-state index contributed by atoms with van der Waals surface area (Å²) in [6.45, 7) is 1.95. The second-order valence-electron chi connectivity index (χ2n) is 3.62. The lowest BCUT2D eigenvalue weighted by molar-refractivity contribution is 0.0697. The van der Waals surface area contributed by atoms with Crippen LogP contribution in [0.25, 0.3) is 0 Å². The van der Waals surface area contributed by atoms with E-state index >= 15 is 0 Å². The molecule has 0 fully saturated rings. The third-order valence-corrected chi connectivity index (χ3v) is 4.68. The second kappa shape index (κ2) is 5.73. The highest BCUT2D eigenvalue weighted by molar-refractivity contribution is 7.98. The van der Waals surface area contributed by atoms with Gasteiger partial charge in [-0.05, 0) is 25.1 Å². The van der Waals surface area contributed by atoms with Crippen molar-refractivity contribution in [3.8, 4) is 0 Å². The molecule has 94 valence electrons. The van der Waals surface area contributed by atoms with E-state index in [1.54, 1.807) is 35.2 Å². The third kappa shape index (κ3) is 3.25. The predicted octanol–water partition coefficient (Wildman–Crippen LogP) is 4.10. The number of rotatable bonds is 4. The molecule has 1 aromatic carbocycles. The van der Waals surface area contributed by atoms with Crippen molar-refractivity contribution >= 4 is 40.7 Å². The van der Waals surface area contributed by atoms with Gasteiger partial charge in [0.1, 0.15) is 5.01 Å². The van der Waals surface area contributed by atoms with Crippen LogP contribution in [-0.4, -0.2) is 16.1 Å². The van der Waals surface area contributed by atoms with E-state index in [2.05, 4.69) is 4.98 Å². The number of aromatic carboxylic acids is 1. The lowest BCUT2D eigenvalue weighted by atomic mass is 10.2. The van der Waals surface area contributed by atoms with Gasteiger partial charge in [-0.15, -0.1) is 23.1 Å². The van der Waals surface area contributed by atoms with Gasteiger partial charge in [-0.1, -0.05) is 11.6 Å². The SMILES string of the molecule is Cc1csc(CSc2ccc(Cl)c(C(=O)O)c2)n1. The van der Waals surface area contributed by atoms with Crippen LogP contribution in [0.2, 0.25) is 5.02 Å². The summed E-state index contributed by atoms with van der Waals surface area (Å²) < 4.78 is 0. The van der Waals surface area contributed by atoms with Crippen molar-refractivity contribution in [2.24, 2.45) is 0 Å². The molecular weight excluding hydrogens is 290 g/mol. The molecule has 0 saturated heterocycles. The van der Waals surface area contributed by atoms with Gasteiger partial charge in [0, 0.05) is 16.0 Å². The number of carbonyl (C=O) groups is 1. The number of aryl methyl sites for hydroxylation is 1. The van der Waals surface area contributed by atoms with Crippen LogP contribution in [0.3, 0.4) is 0 Å². The maximum Gasteiger partial charge on any atom is 0.337 e. The number of carboxylic acid groups (broad SMARTS) is 1. The molecule has 0 saturated carbocycles. The molecule has 1 N–H and O–H groups in total. The van der Waals surface area contributed by atoms with Crippen molar-refractivity contribution < 1.29 is 9.90 Å². The molecule has 6 heteroatoms. The average Bonchev–Trinajstić information content (AvgIpc) is 2.74. The fourth-order valence-corrected chi connectivity index (χ4v) is 3.30. The maximum absolute atomic E-state index is 10.9. The van der Waals surface area contributed by atoms with E-state index in [1.807, 2.05) is 18.4 Å². The van der Waals surface area contributed by atoms with Crippen LogP contribution in [0.1, 0.15) is 21.1 Å². The second-order valence-corrected chi connectivity index (χ2v) is 6.02. The minimum Gasteiger partial charge on any atom is -0.478 e. The normalized spacial score (nSPS) is 10.6. The molecular formula is C12H10ClNO2S2. The largest absolute Gasteiger partial charge is 0.478 e. The van der Waals surface area contributed by atoms with E-state index in [1.165, 1.54) is 0 Å². The Morgan fingerprint density at radius 1 is 1.56 bits per heavy atom.